The van der Waals surface area contributed by atoms with Crippen LogP contribution in [0.15, 0.2) is 36.4 Å². The Kier molecular flexibility index (Phi) is 8.35. The zero-order chi connectivity index (χ0) is 27.7. The molecule has 37 heavy (non-hydrogen) atoms. The van der Waals surface area contributed by atoms with Crippen molar-refractivity contribution in [1.29, 1.82) is 0 Å². The highest BCUT2D eigenvalue weighted by Crippen LogP contribution is 2.42. The van der Waals surface area contributed by atoms with Gasteiger partial charge >= 0.3 is 6.09 Å². The van der Waals surface area contributed by atoms with Gasteiger partial charge in [0, 0.05) is 11.7 Å². The zero-order valence-corrected chi connectivity index (χ0v) is 23.6. The first kappa shape index (κ1) is 28.2. The lowest BCUT2D eigenvalue weighted by atomic mass is 9.93. The van der Waals surface area contributed by atoms with Gasteiger partial charge in [-0.3, -0.25) is 9.59 Å². The van der Waals surface area contributed by atoms with E-state index in [1.54, 1.807) is 32.6 Å². The fraction of sp³-hybridized carbons (Fsp3) is 0.500. The molecule has 7 heteroatoms. The van der Waals surface area contributed by atoms with Gasteiger partial charge < -0.3 is 20.3 Å². The molecule has 0 aliphatic heterocycles. The number of hydrogen-bond acceptors (Lipinski definition) is 4. The second kappa shape index (κ2) is 11.0. The van der Waals surface area contributed by atoms with Gasteiger partial charge in [0.05, 0.1) is 0 Å². The average molecular weight is 508 g/mol. The summed E-state index contributed by atoms with van der Waals surface area (Å²) in [5.41, 5.74) is 4.63. The van der Waals surface area contributed by atoms with Crippen molar-refractivity contribution in [2.24, 2.45) is 5.92 Å². The van der Waals surface area contributed by atoms with Gasteiger partial charge in [0.2, 0.25) is 5.91 Å². The minimum absolute atomic E-state index is 0.108. The number of nitrogens with one attached hydrogen (secondary N) is 2. The van der Waals surface area contributed by atoms with Gasteiger partial charge in [0.25, 0.3) is 5.91 Å². The van der Waals surface area contributed by atoms with Crippen LogP contribution in [0.5, 0.6) is 0 Å². The summed E-state index contributed by atoms with van der Waals surface area (Å²) in [5.74, 6) is -0.339. The van der Waals surface area contributed by atoms with E-state index in [2.05, 4.69) is 17.6 Å². The van der Waals surface area contributed by atoms with E-state index in [0.29, 0.717) is 0 Å². The highest BCUT2D eigenvalue weighted by molar-refractivity contribution is 6.00. The maximum atomic E-state index is 14.1. The molecule has 1 aliphatic rings. The Bertz CT molecular complexity index is 1140. The molecule has 4 unspecified atom stereocenters. The molecule has 1 fully saturated rings. The third kappa shape index (κ3) is 6.70. The highest BCUT2D eigenvalue weighted by Gasteiger charge is 2.48. The molecule has 1 saturated carbocycles. The van der Waals surface area contributed by atoms with Gasteiger partial charge in [-0.05, 0) is 95.5 Å². The molecular formula is C30H41N3O4. The molecule has 0 bridgehead atoms. The molecule has 200 valence electrons. The predicted molar refractivity (Wildman–Crippen MR) is 146 cm³/mol. The summed E-state index contributed by atoms with van der Waals surface area (Å²) in [4.78, 5) is 42.2. The molecule has 7 nitrogen and oxygen atoms in total. The molecule has 3 amide bonds. The third-order valence-electron chi connectivity index (χ3n) is 6.85. The summed E-state index contributed by atoms with van der Waals surface area (Å²) in [6.07, 6.45) is 0.129. The first-order chi connectivity index (χ1) is 17.2. The molecule has 0 aromatic heterocycles. The Morgan fingerprint density at radius 1 is 0.946 bits per heavy atom. The van der Waals surface area contributed by atoms with E-state index in [-0.39, 0.29) is 23.8 Å². The maximum absolute atomic E-state index is 14.1. The zero-order valence-electron chi connectivity index (χ0n) is 23.6. The van der Waals surface area contributed by atoms with E-state index in [1.807, 2.05) is 64.1 Å². The minimum Gasteiger partial charge on any atom is -0.444 e. The van der Waals surface area contributed by atoms with Gasteiger partial charge in [0.1, 0.15) is 17.7 Å². The lowest BCUT2D eigenvalue weighted by Crippen LogP contribution is -2.52. The van der Waals surface area contributed by atoms with E-state index in [9.17, 15) is 14.4 Å². The summed E-state index contributed by atoms with van der Waals surface area (Å²) < 4.78 is 5.37. The quantitative estimate of drug-likeness (QED) is 0.499. The first-order valence-corrected chi connectivity index (χ1v) is 13.0. The van der Waals surface area contributed by atoms with E-state index >= 15 is 0 Å². The van der Waals surface area contributed by atoms with Crippen LogP contribution in [-0.4, -0.2) is 40.5 Å². The standard InChI is InChI=1S/C30H41N3O4/c1-17-12-10-13-18(2)24(17)26(27(34)32-25-19(3)14-11-15-20(25)4)33(23-16-21(23)5)28(35)22(6)31-29(36)37-30(7,8)9/h10-15,21-23,26H,16H2,1-9H3,(H,31,36)(H,32,34). The van der Waals surface area contributed by atoms with Crippen molar-refractivity contribution in [3.05, 3.63) is 64.2 Å². The van der Waals surface area contributed by atoms with E-state index in [0.717, 1.165) is 39.9 Å². The number of benzene rings is 2. The molecular weight excluding hydrogens is 466 g/mol. The number of amides is 3. The van der Waals surface area contributed by atoms with Gasteiger partial charge in [-0.2, -0.15) is 0 Å². The van der Waals surface area contributed by atoms with Crippen LogP contribution in [0.1, 0.15) is 74.9 Å². The van der Waals surface area contributed by atoms with Crippen molar-refractivity contribution < 1.29 is 19.1 Å². The molecule has 0 radical (unpaired) electrons. The van der Waals surface area contributed by atoms with Gasteiger partial charge in [-0.25, -0.2) is 4.79 Å². The number of ether oxygens (including phenoxy) is 1. The number of aryl methyl sites for hydroxylation is 4. The number of hydrogen-bond donors (Lipinski definition) is 2. The van der Waals surface area contributed by atoms with Crippen molar-refractivity contribution in [2.75, 3.05) is 5.32 Å². The topological polar surface area (TPSA) is 87.7 Å². The van der Waals surface area contributed by atoms with Crippen LogP contribution in [0.4, 0.5) is 10.5 Å². The lowest BCUT2D eigenvalue weighted by molar-refractivity contribution is -0.141. The predicted octanol–water partition coefficient (Wildman–Crippen LogP) is 5.75. The summed E-state index contributed by atoms with van der Waals surface area (Å²) in [7, 11) is 0. The SMILES string of the molecule is Cc1cccc(C)c1NC(=O)C(c1c(C)cccc1C)N(C(=O)C(C)NC(=O)OC(C)(C)C)C1CC1C. The second-order valence-electron chi connectivity index (χ2n) is 11.4. The van der Waals surface area contributed by atoms with Crippen molar-refractivity contribution >= 4 is 23.6 Å². The fourth-order valence-electron chi connectivity index (χ4n) is 4.80. The Morgan fingerprint density at radius 2 is 1.43 bits per heavy atom. The van der Waals surface area contributed by atoms with Crippen molar-refractivity contribution in [2.45, 2.75) is 92.5 Å². The lowest BCUT2D eigenvalue weighted by Gasteiger charge is -2.35. The Labute approximate surface area is 221 Å². The van der Waals surface area contributed by atoms with E-state index in [1.165, 1.54) is 0 Å². The van der Waals surface area contributed by atoms with Crippen molar-refractivity contribution in [3.8, 4) is 0 Å². The van der Waals surface area contributed by atoms with Gasteiger partial charge in [-0.1, -0.05) is 43.3 Å². The van der Waals surface area contributed by atoms with Crippen molar-refractivity contribution in [1.82, 2.24) is 10.2 Å². The summed E-state index contributed by atoms with van der Waals surface area (Å²) in [5, 5.41) is 5.80. The Balaban J connectivity index is 2.04. The smallest absolute Gasteiger partial charge is 0.408 e. The summed E-state index contributed by atoms with van der Waals surface area (Å²) in [6.45, 7) is 16.8. The summed E-state index contributed by atoms with van der Waals surface area (Å²) in [6, 6.07) is 9.90. The molecule has 0 heterocycles. The number of alkyl carbamates (subject to hydrolysis) is 1. The number of carbonyl (C=O) groups is 3. The van der Waals surface area contributed by atoms with Crippen LogP contribution in [0.25, 0.3) is 0 Å². The molecule has 2 N–H and O–H groups in total. The molecule has 3 rings (SSSR count). The third-order valence-corrected chi connectivity index (χ3v) is 6.85. The Morgan fingerprint density at radius 3 is 1.89 bits per heavy atom. The number of rotatable bonds is 7. The van der Waals surface area contributed by atoms with Crippen LogP contribution in [-0.2, 0) is 14.3 Å². The Hall–Kier alpha value is -3.35. The molecule has 2 aromatic carbocycles. The molecule has 0 saturated heterocycles. The highest BCUT2D eigenvalue weighted by atomic mass is 16.6. The van der Waals surface area contributed by atoms with Crippen LogP contribution in [0, 0.1) is 33.6 Å². The number of para-hydroxylation sites is 1. The maximum Gasteiger partial charge on any atom is 0.408 e. The van der Waals surface area contributed by atoms with Gasteiger partial charge in [0.15, 0.2) is 0 Å². The van der Waals surface area contributed by atoms with Crippen molar-refractivity contribution in [3.63, 3.8) is 0 Å². The van der Waals surface area contributed by atoms with Gasteiger partial charge in [-0.15, -0.1) is 0 Å². The van der Waals surface area contributed by atoms with Crippen LogP contribution in [0.3, 0.4) is 0 Å². The number of carbonyl (C=O) groups excluding carboxylic acids is 3. The monoisotopic (exact) mass is 507 g/mol. The number of nitrogens with zero attached hydrogens (tertiary/aromatic N) is 1. The largest absolute Gasteiger partial charge is 0.444 e. The second-order valence-corrected chi connectivity index (χ2v) is 11.4. The summed E-state index contributed by atoms with van der Waals surface area (Å²) >= 11 is 0. The van der Waals surface area contributed by atoms with E-state index in [4.69, 9.17) is 4.74 Å². The van der Waals surface area contributed by atoms with Crippen LogP contribution in [0.2, 0.25) is 0 Å². The average Bonchev–Trinajstić information content (AvgIpc) is 3.49. The minimum atomic E-state index is -0.873. The fourth-order valence-corrected chi connectivity index (χ4v) is 4.80. The molecule has 1 aliphatic carbocycles. The number of anilines is 1. The van der Waals surface area contributed by atoms with E-state index < -0.39 is 23.8 Å². The van der Waals surface area contributed by atoms with Crippen LogP contribution >= 0.6 is 0 Å². The van der Waals surface area contributed by atoms with Crippen LogP contribution < -0.4 is 10.6 Å². The first-order valence-electron chi connectivity index (χ1n) is 13.0. The normalized spacial score (nSPS) is 18.4. The molecule has 4 atom stereocenters. The molecule has 0 spiro atoms. The molecule has 2 aromatic rings.